The van der Waals surface area contributed by atoms with Crippen LogP contribution in [0.15, 0.2) is 59.1 Å². The second-order valence-corrected chi connectivity index (χ2v) is 7.98. The first kappa shape index (κ1) is 21.5. The van der Waals surface area contributed by atoms with Crippen LogP contribution in [-0.2, 0) is 19.5 Å². The van der Waals surface area contributed by atoms with Crippen LogP contribution in [0.25, 0.3) is 5.69 Å². The highest BCUT2D eigenvalue weighted by Crippen LogP contribution is 2.24. The molecule has 0 aliphatic carbocycles. The number of nitrogens with zero attached hydrogens (tertiary/aromatic N) is 5. The Morgan fingerprint density at radius 1 is 1.06 bits per heavy atom. The van der Waals surface area contributed by atoms with Crippen LogP contribution in [0.5, 0.6) is 0 Å². The van der Waals surface area contributed by atoms with Crippen LogP contribution in [0.2, 0.25) is 0 Å². The van der Waals surface area contributed by atoms with Gasteiger partial charge in [0.15, 0.2) is 11.4 Å². The predicted octanol–water partition coefficient (Wildman–Crippen LogP) is 2.83. The summed E-state index contributed by atoms with van der Waals surface area (Å²) in [6.07, 6.45) is 0.436. The molecule has 1 aliphatic heterocycles. The molecule has 0 radical (unpaired) electrons. The van der Waals surface area contributed by atoms with Gasteiger partial charge in [0.1, 0.15) is 11.6 Å². The lowest BCUT2D eigenvalue weighted by Gasteiger charge is -2.25. The average Bonchev–Trinajstić information content (AvgIpc) is 3.47. The van der Waals surface area contributed by atoms with Gasteiger partial charge in [-0.1, -0.05) is 35.5 Å². The zero-order valence-electron chi connectivity index (χ0n) is 18.4. The van der Waals surface area contributed by atoms with Gasteiger partial charge in [-0.05, 0) is 36.8 Å². The smallest absolute Gasteiger partial charge is 0.276 e. The first-order chi connectivity index (χ1) is 16.5. The van der Waals surface area contributed by atoms with Crippen molar-refractivity contribution in [2.24, 2.45) is 0 Å². The van der Waals surface area contributed by atoms with E-state index in [4.69, 9.17) is 4.52 Å². The Bertz CT molecular complexity index is 1350. The molecule has 0 saturated heterocycles. The number of amides is 2. The molecule has 2 aromatic heterocycles. The van der Waals surface area contributed by atoms with Gasteiger partial charge in [0.2, 0.25) is 0 Å². The number of aromatic nitrogens is 4. The highest BCUT2D eigenvalue weighted by molar-refractivity contribution is 5.95. The molecule has 0 unspecified atom stereocenters. The lowest BCUT2D eigenvalue weighted by molar-refractivity contribution is 0.0719. The number of fused-ring (bicyclic) bond motifs is 1. The molecule has 5 rings (SSSR count). The largest absolute Gasteiger partial charge is 0.360 e. The number of para-hydroxylation sites is 1. The van der Waals surface area contributed by atoms with E-state index >= 15 is 0 Å². The van der Waals surface area contributed by atoms with Crippen LogP contribution < -0.4 is 5.32 Å². The first-order valence-corrected chi connectivity index (χ1v) is 10.8. The van der Waals surface area contributed by atoms with E-state index in [0.29, 0.717) is 30.0 Å². The number of benzene rings is 2. The molecule has 4 aromatic rings. The van der Waals surface area contributed by atoms with Crippen LogP contribution in [0.1, 0.15) is 43.6 Å². The van der Waals surface area contributed by atoms with Gasteiger partial charge in [-0.25, -0.2) is 4.39 Å². The van der Waals surface area contributed by atoms with Crippen molar-refractivity contribution in [1.29, 1.82) is 0 Å². The Balaban J connectivity index is 1.31. The van der Waals surface area contributed by atoms with Crippen molar-refractivity contribution in [3.8, 4) is 5.69 Å². The van der Waals surface area contributed by atoms with E-state index in [-0.39, 0.29) is 36.2 Å². The fraction of sp³-hybridized carbons (Fsp3) is 0.208. The molecule has 0 fully saturated rings. The number of nitrogens with one attached hydrogen (secondary N) is 1. The van der Waals surface area contributed by atoms with Crippen molar-refractivity contribution in [2.45, 2.75) is 26.4 Å². The van der Waals surface area contributed by atoms with Crippen molar-refractivity contribution in [3.05, 3.63) is 94.4 Å². The second kappa shape index (κ2) is 8.89. The zero-order valence-corrected chi connectivity index (χ0v) is 18.4. The van der Waals surface area contributed by atoms with Crippen LogP contribution in [0, 0.1) is 12.7 Å². The van der Waals surface area contributed by atoms with Crippen molar-refractivity contribution in [3.63, 3.8) is 0 Å². The molecule has 0 saturated carbocycles. The molecule has 3 heterocycles. The van der Waals surface area contributed by atoms with Gasteiger partial charge in [-0.3, -0.25) is 9.59 Å². The maximum Gasteiger partial charge on any atom is 0.276 e. The molecule has 34 heavy (non-hydrogen) atoms. The molecule has 0 atom stereocenters. The van der Waals surface area contributed by atoms with Crippen LogP contribution in [-0.4, -0.2) is 43.4 Å². The lowest BCUT2D eigenvalue weighted by atomic mass is 10.0. The maximum atomic E-state index is 13.2. The van der Waals surface area contributed by atoms with Crippen LogP contribution in [0.4, 0.5) is 4.39 Å². The summed E-state index contributed by atoms with van der Waals surface area (Å²) in [4.78, 5) is 29.0. The molecular weight excluding hydrogens is 439 g/mol. The summed E-state index contributed by atoms with van der Waals surface area (Å²) in [7, 11) is 0. The molecule has 9 nitrogen and oxygen atoms in total. The van der Waals surface area contributed by atoms with Crippen molar-refractivity contribution >= 4 is 11.8 Å². The monoisotopic (exact) mass is 460 g/mol. The molecule has 1 N–H and O–H groups in total. The van der Waals surface area contributed by atoms with E-state index in [1.54, 1.807) is 24.0 Å². The van der Waals surface area contributed by atoms with Crippen molar-refractivity contribution in [1.82, 2.24) is 30.4 Å². The van der Waals surface area contributed by atoms with Crippen LogP contribution in [0.3, 0.4) is 0 Å². The van der Waals surface area contributed by atoms with E-state index < -0.39 is 5.91 Å². The predicted molar refractivity (Wildman–Crippen MR) is 119 cm³/mol. The first-order valence-electron chi connectivity index (χ1n) is 10.8. The Hall–Kier alpha value is -4.34. The van der Waals surface area contributed by atoms with Gasteiger partial charge >= 0.3 is 0 Å². The number of hydrogen-bond donors (Lipinski definition) is 1. The van der Waals surface area contributed by atoms with Gasteiger partial charge in [0, 0.05) is 25.1 Å². The minimum atomic E-state index is -0.421. The summed E-state index contributed by atoms with van der Waals surface area (Å²) in [5.41, 5.74) is 2.99. The molecule has 0 bridgehead atoms. The van der Waals surface area contributed by atoms with Gasteiger partial charge in [0.25, 0.3) is 11.8 Å². The third-order valence-corrected chi connectivity index (χ3v) is 5.67. The van der Waals surface area contributed by atoms with Crippen molar-refractivity contribution < 1.29 is 18.5 Å². The average molecular weight is 460 g/mol. The molecule has 1 aliphatic rings. The molecular formula is C24H21FN6O3. The normalized spacial score (nSPS) is 12.9. The standard InChI is InChI=1S/C24H21FN6O3/c1-15-21(28-31(27-15)18-5-3-2-4-6-18)24(33)30-12-11-20-19(14-30)22(29-34-20)23(32)26-13-16-7-9-17(25)10-8-16/h2-10H,11-14H2,1H3,(H,26,32). The summed E-state index contributed by atoms with van der Waals surface area (Å²) in [5, 5.41) is 15.5. The molecule has 172 valence electrons. The highest BCUT2D eigenvalue weighted by Gasteiger charge is 2.32. The molecule has 10 heteroatoms. The lowest BCUT2D eigenvalue weighted by Crippen LogP contribution is -2.37. The SMILES string of the molecule is Cc1nn(-c2ccccc2)nc1C(=O)N1CCc2onc(C(=O)NCc3ccc(F)cc3)c2C1. The third kappa shape index (κ3) is 4.17. The van der Waals surface area contributed by atoms with E-state index in [1.165, 1.54) is 16.9 Å². The number of hydrogen-bond acceptors (Lipinski definition) is 6. The summed E-state index contributed by atoms with van der Waals surface area (Å²) in [6.45, 7) is 2.54. The summed E-state index contributed by atoms with van der Waals surface area (Å²) in [6, 6.07) is 15.2. The Labute approximate surface area is 194 Å². The van der Waals surface area contributed by atoms with E-state index in [1.807, 2.05) is 30.3 Å². The topological polar surface area (TPSA) is 106 Å². The number of aryl methyl sites for hydroxylation is 1. The summed E-state index contributed by atoms with van der Waals surface area (Å²) in [5.74, 6) is -0.455. The highest BCUT2D eigenvalue weighted by atomic mass is 19.1. The second-order valence-electron chi connectivity index (χ2n) is 7.98. The molecule has 2 amide bonds. The zero-order chi connectivity index (χ0) is 23.7. The number of carbonyl (C=O) groups excluding carboxylic acids is 2. The van der Waals surface area contributed by atoms with E-state index in [0.717, 1.165) is 11.3 Å². The van der Waals surface area contributed by atoms with Gasteiger partial charge in [-0.15, -0.1) is 5.10 Å². The fourth-order valence-electron chi connectivity index (χ4n) is 3.83. The number of rotatable bonds is 5. The Kier molecular flexibility index (Phi) is 5.62. The maximum absolute atomic E-state index is 13.2. The summed E-state index contributed by atoms with van der Waals surface area (Å²) < 4.78 is 18.4. The minimum absolute atomic E-state index is 0.138. The quantitative estimate of drug-likeness (QED) is 0.491. The van der Waals surface area contributed by atoms with Crippen LogP contribution >= 0.6 is 0 Å². The fourth-order valence-corrected chi connectivity index (χ4v) is 3.83. The van der Waals surface area contributed by atoms with Gasteiger partial charge < -0.3 is 14.7 Å². The number of halogens is 1. The van der Waals surface area contributed by atoms with Gasteiger partial charge in [0.05, 0.1) is 17.9 Å². The van der Waals surface area contributed by atoms with Crippen molar-refractivity contribution in [2.75, 3.05) is 6.54 Å². The minimum Gasteiger partial charge on any atom is -0.360 e. The van der Waals surface area contributed by atoms with E-state index in [2.05, 4.69) is 20.7 Å². The molecule has 0 spiro atoms. The Morgan fingerprint density at radius 2 is 1.82 bits per heavy atom. The third-order valence-electron chi connectivity index (χ3n) is 5.67. The summed E-state index contributed by atoms with van der Waals surface area (Å²) >= 11 is 0. The van der Waals surface area contributed by atoms with Gasteiger partial charge in [-0.2, -0.15) is 9.90 Å². The Morgan fingerprint density at radius 3 is 2.59 bits per heavy atom. The van der Waals surface area contributed by atoms with E-state index in [9.17, 15) is 14.0 Å². The number of carbonyl (C=O) groups is 2. The molecule has 2 aromatic carbocycles.